The molecular weight excluding hydrogens is 330 g/mol. The lowest BCUT2D eigenvalue weighted by molar-refractivity contribution is 0.0998. The van der Waals surface area contributed by atoms with E-state index in [1.165, 1.54) is 6.07 Å². The molecule has 0 aliphatic carbocycles. The number of hydrogen-bond acceptors (Lipinski definition) is 2. The van der Waals surface area contributed by atoms with Crippen LogP contribution in [0.3, 0.4) is 0 Å². The highest BCUT2D eigenvalue weighted by Gasteiger charge is 2.12. The predicted molar refractivity (Wildman–Crippen MR) is 78.9 cm³/mol. The summed E-state index contributed by atoms with van der Waals surface area (Å²) < 4.78 is 6.51. The molecule has 2 aromatic carbocycles. The summed E-state index contributed by atoms with van der Waals surface area (Å²) in [7, 11) is 0. The maximum Gasteiger partial charge on any atom is 0.252 e. The molecule has 0 saturated heterocycles. The summed E-state index contributed by atoms with van der Waals surface area (Å²) in [5, 5.41) is 0.434. The number of primary amides is 1. The third kappa shape index (κ3) is 3.28. The van der Waals surface area contributed by atoms with Crippen molar-refractivity contribution in [3.05, 3.63) is 57.0 Å². The second-order valence-corrected chi connectivity index (χ2v) is 5.33. The summed E-state index contributed by atoms with van der Waals surface area (Å²) in [5.41, 5.74) is 6.66. The van der Waals surface area contributed by atoms with Gasteiger partial charge in [-0.25, -0.2) is 0 Å². The first-order valence-electron chi connectivity index (χ1n) is 5.51. The predicted octanol–water partition coefficient (Wildman–Crippen LogP) is 4.30. The summed E-state index contributed by atoms with van der Waals surface area (Å²) in [6.45, 7) is 1.98. The molecule has 0 unspecified atom stereocenters. The normalized spacial score (nSPS) is 10.3. The van der Waals surface area contributed by atoms with Crippen LogP contribution in [0, 0.1) is 6.92 Å². The Bertz CT molecular complexity index is 643. The van der Waals surface area contributed by atoms with Crippen molar-refractivity contribution in [3.8, 4) is 11.5 Å². The first-order valence-corrected chi connectivity index (χ1v) is 6.68. The highest BCUT2D eigenvalue weighted by atomic mass is 79.9. The van der Waals surface area contributed by atoms with Crippen molar-refractivity contribution in [1.29, 1.82) is 0 Å². The molecule has 0 aliphatic heterocycles. The molecule has 0 heterocycles. The minimum atomic E-state index is -0.583. The van der Waals surface area contributed by atoms with E-state index in [0.29, 0.717) is 16.5 Å². The minimum absolute atomic E-state index is 0.250. The van der Waals surface area contributed by atoms with Gasteiger partial charge < -0.3 is 10.5 Å². The number of carbonyl (C=O) groups is 1. The van der Waals surface area contributed by atoms with Gasteiger partial charge in [0, 0.05) is 5.02 Å². The van der Waals surface area contributed by atoms with E-state index in [1.807, 2.05) is 25.1 Å². The Morgan fingerprint density at radius 1 is 1.21 bits per heavy atom. The number of aryl methyl sites for hydroxylation is 1. The SMILES string of the molecule is Cc1ccc(Oc2ccc(Cl)cc2C(N)=O)c(Br)c1. The van der Waals surface area contributed by atoms with Crippen molar-refractivity contribution in [1.82, 2.24) is 0 Å². The van der Waals surface area contributed by atoms with E-state index in [0.717, 1.165) is 10.0 Å². The first kappa shape index (κ1) is 13.9. The van der Waals surface area contributed by atoms with Crippen LogP contribution in [0.25, 0.3) is 0 Å². The fraction of sp³-hybridized carbons (Fsp3) is 0.0714. The van der Waals surface area contributed by atoms with E-state index < -0.39 is 5.91 Å². The van der Waals surface area contributed by atoms with Crippen LogP contribution in [0.4, 0.5) is 0 Å². The molecule has 0 atom stereocenters. The smallest absolute Gasteiger partial charge is 0.252 e. The van der Waals surface area contributed by atoms with Gasteiger partial charge in [-0.15, -0.1) is 0 Å². The zero-order chi connectivity index (χ0) is 14.0. The zero-order valence-corrected chi connectivity index (χ0v) is 12.5. The lowest BCUT2D eigenvalue weighted by atomic mass is 10.2. The van der Waals surface area contributed by atoms with Crippen LogP contribution in [0.5, 0.6) is 11.5 Å². The lowest BCUT2D eigenvalue weighted by Gasteiger charge is -2.11. The maximum atomic E-state index is 11.4. The van der Waals surface area contributed by atoms with Crippen LogP contribution >= 0.6 is 27.5 Å². The Kier molecular flexibility index (Phi) is 4.12. The minimum Gasteiger partial charge on any atom is -0.455 e. The van der Waals surface area contributed by atoms with Gasteiger partial charge in [-0.3, -0.25) is 4.79 Å². The van der Waals surface area contributed by atoms with E-state index in [1.54, 1.807) is 12.1 Å². The maximum absolute atomic E-state index is 11.4. The Morgan fingerprint density at radius 2 is 1.89 bits per heavy atom. The summed E-state index contributed by atoms with van der Waals surface area (Å²) in [6, 6.07) is 10.4. The van der Waals surface area contributed by atoms with E-state index in [2.05, 4.69) is 15.9 Å². The molecule has 2 N–H and O–H groups in total. The monoisotopic (exact) mass is 339 g/mol. The Hall–Kier alpha value is -1.52. The molecule has 0 fully saturated rings. The molecule has 3 nitrogen and oxygen atoms in total. The molecule has 0 saturated carbocycles. The Morgan fingerprint density at radius 3 is 2.53 bits per heavy atom. The Balaban J connectivity index is 2.40. The van der Waals surface area contributed by atoms with Crippen LogP contribution in [0.1, 0.15) is 15.9 Å². The van der Waals surface area contributed by atoms with Gasteiger partial charge in [0.1, 0.15) is 11.5 Å². The molecule has 98 valence electrons. The van der Waals surface area contributed by atoms with Crippen molar-refractivity contribution < 1.29 is 9.53 Å². The highest BCUT2D eigenvalue weighted by molar-refractivity contribution is 9.10. The number of hydrogen-bond donors (Lipinski definition) is 1. The lowest BCUT2D eigenvalue weighted by Crippen LogP contribution is -2.12. The van der Waals surface area contributed by atoms with Crippen molar-refractivity contribution in [3.63, 3.8) is 0 Å². The number of halogens is 2. The molecule has 19 heavy (non-hydrogen) atoms. The zero-order valence-electron chi connectivity index (χ0n) is 10.1. The molecule has 0 spiro atoms. The van der Waals surface area contributed by atoms with Gasteiger partial charge in [-0.1, -0.05) is 17.7 Å². The van der Waals surface area contributed by atoms with Gasteiger partial charge >= 0.3 is 0 Å². The number of rotatable bonds is 3. The fourth-order valence-corrected chi connectivity index (χ4v) is 2.34. The molecule has 0 aliphatic rings. The topological polar surface area (TPSA) is 52.3 Å². The standard InChI is InChI=1S/C14H11BrClNO2/c1-8-2-4-13(11(15)6-8)19-12-5-3-9(16)7-10(12)14(17)18/h2-7H,1H3,(H2,17,18). The van der Waals surface area contributed by atoms with Gasteiger partial charge in [0.05, 0.1) is 10.0 Å². The van der Waals surface area contributed by atoms with Crippen LogP contribution in [-0.2, 0) is 0 Å². The summed E-state index contributed by atoms with van der Waals surface area (Å²) in [4.78, 5) is 11.4. The molecule has 5 heteroatoms. The average molecular weight is 341 g/mol. The van der Waals surface area contributed by atoms with Gasteiger partial charge in [0.2, 0.25) is 0 Å². The summed E-state index contributed by atoms with van der Waals surface area (Å²) in [5.74, 6) is 0.401. The molecule has 0 radical (unpaired) electrons. The number of amides is 1. The van der Waals surface area contributed by atoms with Crippen LogP contribution in [0.15, 0.2) is 40.9 Å². The van der Waals surface area contributed by atoms with Crippen molar-refractivity contribution in [2.45, 2.75) is 6.92 Å². The van der Waals surface area contributed by atoms with E-state index in [-0.39, 0.29) is 5.56 Å². The number of benzene rings is 2. The molecule has 2 aromatic rings. The summed E-state index contributed by atoms with van der Waals surface area (Å²) >= 11 is 9.26. The van der Waals surface area contributed by atoms with Gasteiger partial charge in [0.25, 0.3) is 5.91 Å². The molecular formula is C14H11BrClNO2. The van der Waals surface area contributed by atoms with Crippen molar-refractivity contribution >= 4 is 33.4 Å². The van der Waals surface area contributed by atoms with Crippen LogP contribution in [-0.4, -0.2) is 5.91 Å². The first-order chi connectivity index (χ1) is 8.97. The van der Waals surface area contributed by atoms with Gasteiger partial charge in [-0.2, -0.15) is 0 Å². The van der Waals surface area contributed by atoms with Crippen molar-refractivity contribution in [2.75, 3.05) is 0 Å². The summed E-state index contributed by atoms with van der Waals surface area (Å²) in [6.07, 6.45) is 0. The third-order valence-corrected chi connectivity index (χ3v) is 3.37. The average Bonchev–Trinajstić information content (AvgIpc) is 2.34. The molecule has 0 bridgehead atoms. The van der Waals surface area contributed by atoms with Gasteiger partial charge in [0.15, 0.2) is 0 Å². The van der Waals surface area contributed by atoms with E-state index >= 15 is 0 Å². The number of ether oxygens (including phenoxy) is 1. The van der Waals surface area contributed by atoms with Gasteiger partial charge in [-0.05, 0) is 58.7 Å². The Labute approximate surface area is 124 Å². The molecule has 1 amide bonds. The molecule has 2 rings (SSSR count). The fourth-order valence-electron chi connectivity index (χ4n) is 1.59. The van der Waals surface area contributed by atoms with Crippen LogP contribution < -0.4 is 10.5 Å². The van der Waals surface area contributed by atoms with E-state index in [4.69, 9.17) is 22.1 Å². The highest BCUT2D eigenvalue weighted by Crippen LogP contribution is 2.33. The second kappa shape index (κ2) is 5.63. The quantitative estimate of drug-likeness (QED) is 0.905. The third-order valence-electron chi connectivity index (χ3n) is 2.51. The second-order valence-electron chi connectivity index (χ2n) is 4.04. The number of nitrogens with two attached hydrogens (primary N) is 1. The number of carbonyl (C=O) groups excluding carboxylic acids is 1. The largest absolute Gasteiger partial charge is 0.455 e. The van der Waals surface area contributed by atoms with Crippen LogP contribution in [0.2, 0.25) is 5.02 Å². The molecule has 0 aromatic heterocycles. The van der Waals surface area contributed by atoms with Crippen molar-refractivity contribution in [2.24, 2.45) is 5.73 Å². The van der Waals surface area contributed by atoms with E-state index in [9.17, 15) is 4.79 Å².